The van der Waals surface area contributed by atoms with Crippen LogP contribution in [0.3, 0.4) is 0 Å². The molecule has 1 aliphatic rings. The zero-order valence-corrected chi connectivity index (χ0v) is 12.1. The van der Waals surface area contributed by atoms with Crippen LogP contribution in [0.15, 0.2) is 30.6 Å². The highest BCUT2D eigenvalue weighted by Gasteiger charge is 2.30. The molecular weight excluding hydrogens is 220 g/mol. The van der Waals surface area contributed by atoms with Gasteiger partial charge in [-0.25, -0.2) is 0 Å². The largest absolute Gasteiger partial charge is 0.333 e. The van der Waals surface area contributed by atoms with Gasteiger partial charge >= 0.3 is 0 Å². The summed E-state index contributed by atoms with van der Waals surface area (Å²) in [6.45, 7) is 8.59. The summed E-state index contributed by atoms with van der Waals surface area (Å²) in [5.74, 6) is 0. The van der Waals surface area contributed by atoms with Crippen molar-refractivity contribution >= 4 is 10.8 Å². The molecule has 0 spiro atoms. The quantitative estimate of drug-likeness (QED) is 0.768. The van der Waals surface area contributed by atoms with Crippen LogP contribution in [0, 0.1) is 0 Å². The van der Waals surface area contributed by atoms with Gasteiger partial charge in [-0.05, 0) is 35.4 Å². The topological polar surface area (TPSA) is 38.9 Å². The maximum absolute atomic E-state index is 4.50. The molecule has 2 nitrogen and oxygen atoms in total. The lowest BCUT2D eigenvalue weighted by Gasteiger charge is -2.18. The first kappa shape index (κ1) is 14.7. The summed E-state index contributed by atoms with van der Waals surface area (Å²) in [6.07, 6.45) is 5.13. The van der Waals surface area contributed by atoms with Crippen molar-refractivity contribution in [2.45, 2.75) is 39.5 Å². The molecule has 1 aromatic carbocycles. The summed E-state index contributed by atoms with van der Waals surface area (Å²) in [5.41, 5.74) is 7.64. The van der Waals surface area contributed by atoms with Crippen molar-refractivity contribution in [1.29, 1.82) is 0 Å². The average Bonchev–Trinajstić information content (AvgIpc) is 2.68. The van der Waals surface area contributed by atoms with Gasteiger partial charge in [0.2, 0.25) is 0 Å². The summed E-state index contributed by atoms with van der Waals surface area (Å²) in [7, 11) is 1.50. The Morgan fingerprint density at radius 2 is 1.78 bits per heavy atom. The minimum absolute atomic E-state index is 0.260. The van der Waals surface area contributed by atoms with Crippen LogP contribution in [0.25, 0.3) is 10.8 Å². The van der Waals surface area contributed by atoms with Crippen LogP contribution in [0.2, 0.25) is 0 Å². The molecule has 0 aliphatic heterocycles. The highest BCUT2D eigenvalue weighted by atomic mass is 14.6. The Balaban J connectivity index is 0.000000371. The third-order valence-corrected chi connectivity index (χ3v) is 3.23. The van der Waals surface area contributed by atoms with Crippen LogP contribution in [0.1, 0.15) is 38.8 Å². The smallest absolute Gasteiger partial charge is 0.0346 e. The van der Waals surface area contributed by atoms with Gasteiger partial charge in [-0.2, -0.15) is 0 Å². The van der Waals surface area contributed by atoms with E-state index in [1.807, 2.05) is 26.2 Å². The molecule has 3 rings (SSSR count). The maximum Gasteiger partial charge on any atom is 0.0346 e. The Morgan fingerprint density at radius 3 is 2.44 bits per heavy atom. The number of hydrogen-bond acceptors (Lipinski definition) is 2. The molecule has 0 atom stereocenters. The standard InChI is InChI=1S/C13H13N.C2H6.CH5N/c1-13(2)6-9-4-3-5-10-7-14-8-11(13)12(9)10;2*1-2/h3-5,7-8H,6H2,1-2H3;1-2H3;2H2,1H3. The summed E-state index contributed by atoms with van der Waals surface area (Å²) >= 11 is 0. The zero-order valence-electron chi connectivity index (χ0n) is 12.1. The van der Waals surface area contributed by atoms with Crippen LogP contribution in [0.5, 0.6) is 0 Å². The normalized spacial score (nSPS) is 14.3. The molecule has 98 valence electrons. The van der Waals surface area contributed by atoms with Crippen molar-refractivity contribution in [3.05, 3.63) is 41.7 Å². The van der Waals surface area contributed by atoms with Crippen molar-refractivity contribution in [3.63, 3.8) is 0 Å². The van der Waals surface area contributed by atoms with Crippen molar-refractivity contribution in [3.8, 4) is 0 Å². The monoisotopic (exact) mass is 244 g/mol. The number of nitrogens with two attached hydrogens (primary N) is 1. The van der Waals surface area contributed by atoms with Gasteiger partial charge in [-0.15, -0.1) is 0 Å². The van der Waals surface area contributed by atoms with Crippen molar-refractivity contribution in [1.82, 2.24) is 4.98 Å². The molecule has 2 N–H and O–H groups in total. The minimum Gasteiger partial charge on any atom is -0.333 e. The van der Waals surface area contributed by atoms with E-state index in [-0.39, 0.29) is 5.41 Å². The molecular formula is C16H24N2. The van der Waals surface area contributed by atoms with Crippen LogP contribution in [-0.4, -0.2) is 12.0 Å². The first-order valence-corrected chi connectivity index (χ1v) is 6.62. The average molecular weight is 244 g/mol. The molecule has 0 unspecified atom stereocenters. The predicted molar refractivity (Wildman–Crippen MR) is 79.9 cm³/mol. The second kappa shape index (κ2) is 5.96. The second-order valence-corrected chi connectivity index (χ2v) is 4.76. The van der Waals surface area contributed by atoms with Crippen LogP contribution in [-0.2, 0) is 11.8 Å². The fraction of sp³-hybridized carbons (Fsp3) is 0.438. The van der Waals surface area contributed by atoms with Crippen LogP contribution in [0.4, 0.5) is 0 Å². The number of aromatic nitrogens is 1. The summed E-state index contributed by atoms with van der Waals surface area (Å²) in [4.78, 5) is 4.31. The molecule has 2 heteroatoms. The maximum atomic E-state index is 4.50. The molecule has 1 aromatic heterocycles. The van der Waals surface area contributed by atoms with E-state index in [2.05, 4.69) is 42.8 Å². The van der Waals surface area contributed by atoms with Gasteiger partial charge in [0.25, 0.3) is 0 Å². The van der Waals surface area contributed by atoms with Gasteiger partial charge in [0.05, 0.1) is 0 Å². The molecule has 0 bridgehead atoms. The summed E-state index contributed by atoms with van der Waals surface area (Å²) in [5, 5.41) is 2.72. The van der Waals surface area contributed by atoms with E-state index < -0.39 is 0 Å². The molecule has 18 heavy (non-hydrogen) atoms. The first-order valence-electron chi connectivity index (χ1n) is 6.62. The number of pyridine rings is 1. The fourth-order valence-electron chi connectivity index (χ4n) is 2.54. The Morgan fingerprint density at radius 1 is 1.11 bits per heavy atom. The molecule has 0 radical (unpaired) electrons. The summed E-state index contributed by atoms with van der Waals surface area (Å²) < 4.78 is 0. The van der Waals surface area contributed by atoms with E-state index in [0.29, 0.717) is 0 Å². The van der Waals surface area contributed by atoms with E-state index in [4.69, 9.17) is 0 Å². The van der Waals surface area contributed by atoms with Gasteiger partial charge in [0, 0.05) is 17.8 Å². The molecule has 0 saturated carbocycles. The predicted octanol–water partition coefficient (Wildman–Crippen LogP) is 3.67. The number of nitrogens with zero attached hydrogens (tertiary/aromatic N) is 1. The molecule has 0 amide bonds. The van der Waals surface area contributed by atoms with Crippen molar-refractivity contribution in [2.24, 2.45) is 5.73 Å². The second-order valence-electron chi connectivity index (χ2n) is 4.76. The SMILES string of the molecule is CC.CC1(C)Cc2cccc3cncc1c23.CN. The first-order chi connectivity index (χ1) is 8.68. The van der Waals surface area contributed by atoms with E-state index >= 15 is 0 Å². The van der Waals surface area contributed by atoms with Gasteiger partial charge in [-0.3, -0.25) is 4.98 Å². The third-order valence-electron chi connectivity index (χ3n) is 3.23. The van der Waals surface area contributed by atoms with Gasteiger partial charge in [0.15, 0.2) is 0 Å². The summed E-state index contributed by atoms with van der Waals surface area (Å²) in [6, 6.07) is 6.52. The minimum atomic E-state index is 0.260. The van der Waals surface area contributed by atoms with Gasteiger partial charge < -0.3 is 5.73 Å². The molecule has 1 aliphatic carbocycles. The van der Waals surface area contributed by atoms with Gasteiger partial charge in [0.1, 0.15) is 0 Å². The Kier molecular flexibility index (Phi) is 4.85. The Bertz CT molecular complexity index is 510. The lowest BCUT2D eigenvalue weighted by Crippen LogP contribution is -2.14. The van der Waals surface area contributed by atoms with Crippen molar-refractivity contribution < 1.29 is 0 Å². The van der Waals surface area contributed by atoms with E-state index in [9.17, 15) is 0 Å². The van der Waals surface area contributed by atoms with Gasteiger partial charge in [-0.1, -0.05) is 45.9 Å². The van der Waals surface area contributed by atoms with E-state index in [0.717, 1.165) is 6.42 Å². The number of benzene rings is 1. The van der Waals surface area contributed by atoms with E-state index in [1.165, 1.54) is 28.9 Å². The lowest BCUT2D eigenvalue weighted by molar-refractivity contribution is 0.544. The van der Waals surface area contributed by atoms with Crippen molar-refractivity contribution in [2.75, 3.05) is 7.05 Å². The highest BCUT2D eigenvalue weighted by Crippen LogP contribution is 2.41. The van der Waals surface area contributed by atoms with E-state index in [1.54, 1.807) is 0 Å². The van der Waals surface area contributed by atoms with Crippen LogP contribution >= 0.6 is 0 Å². The highest BCUT2D eigenvalue weighted by molar-refractivity contribution is 5.91. The zero-order chi connectivity index (χ0) is 13.8. The van der Waals surface area contributed by atoms with Crippen LogP contribution < -0.4 is 5.73 Å². The molecule has 0 saturated heterocycles. The lowest BCUT2D eigenvalue weighted by atomic mass is 9.86. The molecule has 0 fully saturated rings. The number of hydrogen-bond donors (Lipinski definition) is 1. The molecule has 1 heterocycles. The fourth-order valence-corrected chi connectivity index (χ4v) is 2.54. The number of rotatable bonds is 0. The Labute approximate surface area is 110 Å². The Hall–Kier alpha value is -1.41. The molecule has 2 aromatic rings. The third kappa shape index (κ3) is 2.39.